The molecule has 2 unspecified atom stereocenters. The first kappa shape index (κ1) is 12.6. The standard InChI is InChI=1S/C13H22N2O2/c1-10(2)12-7-13(16,4-5-17-12)6-11-8-14-15(3)9-11/h8-10,12,16H,4-7H2,1-3H3. The number of aryl methyl sites for hydroxylation is 1. The van der Waals surface area contributed by atoms with Gasteiger partial charge in [-0.05, 0) is 17.9 Å². The van der Waals surface area contributed by atoms with Crippen molar-refractivity contribution in [1.82, 2.24) is 9.78 Å². The fourth-order valence-corrected chi connectivity index (χ4v) is 2.47. The Hall–Kier alpha value is -0.870. The molecule has 4 nitrogen and oxygen atoms in total. The number of aliphatic hydroxyl groups is 1. The van der Waals surface area contributed by atoms with Gasteiger partial charge in [-0.25, -0.2) is 0 Å². The topological polar surface area (TPSA) is 47.3 Å². The van der Waals surface area contributed by atoms with Gasteiger partial charge in [0.15, 0.2) is 0 Å². The van der Waals surface area contributed by atoms with Crippen molar-refractivity contribution in [2.45, 2.75) is 44.8 Å². The molecule has 0 aromatic carbocycles. The van der Waals surface area contributed by atoms with Crippen LogP contribution in [0.2, 0.25) is 0 Å². The average molecular weight is 238 g/mol. The van der Waals surface area contributed by atoms with E-state index in [4.69, 9.17) is 4.74 Å². The first-order valence-electron chi connectivity index (χ1n) is 6.30. The Balaban J connectivity index is 2.03. The van der Waals surface area contributed by atoms with Gasteiger partial charge in [-0.2, -0.15) is 5.10 Å². The molecule has 0 spiro atoms. The van der Waals surface area contributed by atoms with E-state index < -0.39 is 5.60 Å². The number of ether oxygens (including phenoxy) is 1. The zero-order chi connectivity index (χ0) is 12.5. The van der Waals surface area contributed by atoms with E-state index in [1.54, 1.807) is 4.68 Å². The molecule has 0 amide bonds. The number of aromatic nitrogens is 2. The van der Waals surface area contributed by atoms with Crippen LogP contribution >= 0.6 is 0 Å². The van der Waals surface area contributed by atoms with Gasteiger partial charge in [-0.1, -0.05) is 13.8 Å². The molecule has 2 rings (SSSR count). The van der Waals surface area contributed by atoms with Crippen molar-refractivity contribution in [2.24, 2.45) is 13.0 Å². The molecule has 0 saturated carbocycles. The van der Waals surface area contributed by atoms with Crippen molar-refractivity contribution in [3.63, 3.8) is 0 Å². The highest BCUT2D eigenvalue weighted by molar-refractivity contribution is 5.09. The number of nitrogens with zero attached hydrogens (tertiary/aromatic N) is 2. The lowest BCUT2D eigenvalue weighted by Gasteiger charge is -2.38. The third kappa shape index (κ3) is 3.07. The quantitative estimate of drug-likeness (QED) is 0.868. The summed E-state index contributed by atoms with van der Waals surface area (Å²) in [6.45, 7) is 4.93. The van der Waals surface area contributed by atoms with Crippen LogP contribution in [0.4, 0.5) is 0 Å². The lowest BCUT2D eigenvalue weighted by Crippen LogP contribution is -2.44. The Bertz CT molecular complexity index is 375. The average Bonchev–Trinajstić information content (AvgIpc) is 2.63. The molecule has 0 aliphatic carbocycles. The Morgan fingerprint density at radius 1 is 1.65 bits per heavy atom. The third-order valence-electron chi connectivity index (χ3n) is 3.52. The van der Waals surface area contributed by atoms with Gasteiger partial charge in [0, 0.05) is 32.7 Å². The summed E-state index contributed by atoms with van der Waals surface area (Å²) in [5.74, 6) is 0.454. The summed E-state index contributed by atoms with van der Waals surface area (Å²) in [6, 6.07) is 0. The van der Waals surface area contributed by atoms with E-state index >= 15 is 0 Å². The minimum absolute atomic E-state index is 0.172. The first-order chi connectivity index (χ1) is 7.98. The van der Waals surface area contributed by atoms with E-state index in [9.17, 15) is 5.11 Å². The highest BCUT2D eigenvalue weighted by Crippen LogP contribution is 2.31. The molecule has 1 N–H and O–H groups in total. The minimum atomic E-state index is -0.629. The van der Waals surface area contributed by atoms with Gasteiger partial charge in [0.2, 0.25) is 0 Å². The molecule has 4 heteroatoms. The Kier molecular flexibility index (Phi) is 3.54. The van der Waals surface area contributed by atoms with E-state index in [-0.39, 0.29) is 6.10 Å². The zero-order valence-corrected chi connectivity index (χ0v) is 10.9. The van der Waals surface area contributed by atoms with Gasteiger partial charge in [-0.15, -0.1) is 0 Å². The summed E-state index contributed by atoms with van der Waals surface area (Å²) in [6.07, 6.45) is 6.08. The molecule has 1 aliphatic heterocycles. The van der Waals surface area contributed by atoms with Crippen LogP contribution in [0.15, 0.2) is 12.4 Å². The molecule has 0 bridgehead atoms. The maximum Gasteiger partial charge on any atom is 0.0735 e. The van der Waals surface area contributed by atoms with Crippen molar-refractivity contribution in [3.8, 4) is 0 Å². The van der Waals surface area contributed by atoms with Crippen LogP contribution in [0.5, 0.6) is 0 Å². The van der Waals surface area contributed by atoms with Crippen LogP contribution in [0.3, 0.4) is 0 Å². The van der Waals surface area contributed by atoms with Crippen LogP contribution < -0.4 is 0 Å². The number of hydrogen-bond acceptors (Lipinski definition) is 3. The maximum absolute atomic E-state index is 10.6. The Morgan fingerprint density at radius 3 is 3.00 bits per heavy atom. The van der Waals surface area contributed by atoms with Crippen molar-refractivity contribution < 1.29 is 9.84 Å². The van der Waals surface area contributed by atoms with Gasteiger partial charge in [-0.3, -0.25) is 4.68 Å². The van der Waals surface area contributed by atoms with Crippen LogP contribution in [-0.4, -0.2) is 33.2 Å². The Labute approximate surface area is 103 Å². The normalized spacial score (nSPS) is 29.8. The third-order valence-corrected chi connectivity index (χ3v) is 3.52. The summed E-state index contributed by atoms with van der Waals surface area (Å²) in [4.78, 5) is 0. The molecule has 96 valence electrons. The fourth-order valence-electron chi connectivity index (χ4n) is 2.47. The monoisotopic (exact) mass is 238 g/mol. The predicted molar refractivity (Wildman–Crippen MR) is 65.7 cm³/mol. The molecular weight excluding hydrogens is 216 g/mol. The van der Waals surface area contributed by atoms with Gasteiger partial charge >= 0.3 is 0 Å². The van der Waals surface area contributed by atoms with Crippen LogP contribution in [0.1, 0.15) is 32.3 Å². The van der Waals surface area contributed by atoms with E-state index in [2.05, 4.69) is 18.9 Å². The second kappa shape index (κ2) is 4.78. The lowest BCUT2D eigenvalue weighted by atomic mass is 9.82. The molecule has 1 aromatic heterocycles. The smallest absolute Gasteiger partial charge is 0.0735 e. The maximum atomic E-state index is 10.6. The molecular formula is C13H22N2O2. The van der Waals surface area contributed by atoms with Crippen LogP contribution in [-0.2, 0) is 18.2 Å². The molecule has 2 heterocycles. The van der Waals surface area contributed by atoms with Gasteiger partial charge < -0.3 is 9.84 Å². The molecule has 17 heavy (non-hydrogen) atoms. The van der Waals surface area contributed by atoms with Gasteiger partial charge in [0.25, 0.3) is 0 Å². The largest absolute Gasteiger partial charge is 0.389 e. The van der Waals surface area contributed by atoms with Crippen LogP contribution in [0.25, 0.3) is 0 Å². The highest BCUT2D eigenvalue weighted by Gasteiger charge is 2.36. The predicted octanol–water partition coefficient (Wildman–Crippen LogP) is 1.53. The van der Waals surface area contributed by atoms with Gasteiger partial charge in [0.05, 0.1) is 17.9 Å². The second-order valence-corrected chi connectivity index (χ2v) is 5.53. The van der Waals surface area contributed by atoms with Crippen LogP contribution in [0, 0.1) is 5.92 Å². The summed E-state index contributed by atoms with van der Waals surface area (Å²) >= 11 is 0. The first-order valence-corrected chi connectivity index (χ1v) is 6.30. The number of rotatable bonds is 3. The number of hydrogen-bond donors (Lipinski definition) is 1. The molecule has 1 aromatic rings. The lowest BCUT2D eigenvalue weighted by molar-refractivity contribution is -0.116. The molecule has 1 aliphatic rings. The zero-order valence-electron chi connectivity index (χ0n) is 10.9. The summed E-state index contributed by atoms with van der Waals surface area (Å²) in [7, 11) is 1.90. The Morgan fingerprint density at radius 2 is 2.41 bits per heavy atom. The second-order valence-electron chi connectivity index (χ2n) is 5.53. The van der Waals surface area contributed by atoms with E-state index in [0.29, 0.717) is 25.4 Å². The van der Waals surface area contributed by atoms with Crippen molar-refractivity contribution in [2.75, 3.05) is 6.61 Å². The summed E-state index contributed by atoms with van der Waals surface area (Å²) in [5.41, 5.74) is 0.468. The van der Waals surface area contributed by atoms with Crippen molar-refractivity contribution in [3.05, 3.63) is 18.0 Å². The molecule has 0 radical (unpaired) electrons. The summed E-state index contributed by atoms with van der Waals surface area (Å²) in [5, 5.41) is 14.8. The van der Waals surface area contributed by atoms with E-state index in [1.807, 2.05) is 19.4 Å². The van der Waals surface area contributed by atoms with Crippen molar-refractivity contribution in [1.29, 1.82) is 0 Å². The summed E-state index contributed by atoms with van der Waals surface area (Å²) < 4.78 is 7.47. The fraction of sp³-hybridized carbons (Fsp3) is 0.769. The van der Waals surface area contributed by atoms with E-state index in [1.165, 1.54) is 0 Å². The van der Waals surface area contributed by atoms with E-state index in [0.717, 1.165) is 12.0 Å². The SMILES string of the molecule is CC(C)C1CC(O)(Cc2cnn(C)c2)CCO1. The molecule has 2 atom stereocenters. The van der Waals surface area contributed by atoms with Gasteiger partial charge in [0.1, 0.15) is 0 Å². The highest BCUT2D eigenvalue weighted by atomic mass is 16.5. The van der Waals surface area contributed by atoms with Crippen molar-refractivity contribution >= 4 is 0 Å². The molecule has 1 saturated heterocycles. The minimum Gasteiger partial charge on any atom is -0.389 e. The molecule has 1 fully saturated rings.